The van der Waals surface area contributed by atoms with Gasteiger partial charge in [0.25, 0.3) is 11.5 Å². The number of nitrogens with one attached hydrogen (secondary N) is 1. The first-order chi connectivity index (χ1) is 18.1. The molecule has 3 fully saturated rings. The summed E-state index contributed by atoms with van der Waals surface area (Å²) in [6.45, 7) is 5.98. The lowest BCUT2D eigenvalue weighted by Gasteiger charge is -2.34. The maximum absolute atomic E-state index is 13.8. The van der Waals surface area contributed by atoms with E-state index in [0.717, 1.165) is 55.8 Å². The molecule has 7 rings (SSSR count). The first-order valence-electron chi connectivity index (χ1n) is 13.3. The summed E-state index contributed by atoms with van der Waals surface area (Å²) < 4.78 is 7.53. The van der Waals surface area contributed by atoms with Crippen LogP contribution in [-0.2, 0) is 11.3 Å². The molecule has 3 saturated heterocycles. The second-order valence-electron chi connectivity index (χ2n) is 10.8. The van der Waals surface area contributed by atoms with Crippen LogP contribution in [0.4, 0.5) is 0 Å². The number of aryl methyl sites for hydroxylation is 1. The number of hydrogen-bond donors (Lipinski definition) is 1. The number of H-pyrrole nitrogens is 1. The van der Waals surface area contributed by atoms with Gasteiger partial charge in [0, 0.05) is 56.4 Å². The molecule has 1 amide bonds. The Kier molecular flexibility index (Phi) is 5.41. The molecule has 2 aromatic heterocycles. The monoisotopic (exact) mass is 497 g/mol. The quantitative estimate of drug-likeness (QED) is 0.467. The van der Waals surface area contributed by atoms with E-state index in [-0.39, 0.29) is 23.4 Å². The Hall–Kier alpha value is -3.49. The van der Waals surface area contributed by atoms with Crippen LogP contribution in [0.25, 0.3) is 16.6 Å². The molecule has 5 heterocycles. The molecule has 0 unspecified atom stereocenters. The fourth-order valence-corrected chi connectivity index (χ4v) is 6.58. The first-order valence-corrected chi connectivity index (χ1v) is 13.3. The predicted octanol–water partition coefficient (Wildman–Crippen LogP) is 3.48. The van der Waals surface area contributed by atoms with E-state index in [4.69, 9.17) is 4.74 Å². The van der Waals surface area contributed by atoms with E-state index in [1.807, 2.05) is 34.4 Å². The van der Waals surface area contributed by atoms with Crippen molar-refractivity contribution in [1.29, 1.82) is 0 Å². The number of amides is 1. The molecule has 4 aromatic rings. The number of carbonyl (C=O) groups is 1. The Labute approximate surface area is 214 Å². The molecule has 8 heteroatoms. The number of aromatic amines is 1. The molecule has 2 atom stereocenters. The van der Waals surface area contributed by atoms with Crippen LogP contribution in [-0.4, -0.2) is 68.5 Å². The van der Waals surface area contributed by atoms with Gasteiger partial charge in [-0.2, -0.15) is 0 Å². The van der Waals surface area contributed by atoms with E-state index in [0.29, 0.717) is 35.9 Å². The summed E-state index contributed by atoms with van der Waals surface area (Å²) in [5, 5.41) is 0. The van der Waals surface area contributed by atoms with Crippen molar-refractivity contribution in [2.75, 3.05) is 26.3 Å². The maximum atomic E-state index is 13.8. The predicted molar refractivity (Wildman–Crippen MR) is 141 cm³/mol. The van der Waals surface area contributed by atoms with Crippen molar-refractivity contribution in [3.63, 3.8) is 0 Å². The molecule has 1 N–H and O–H groups in total. The van der Waals surface area contributed by atoms with Crippen molar-refractivity contribution in [2.24, 2.45) is 0 Å². The summed E-state index contributed by atoms with van der Waals surface area (Å²) in [5.41, 5.74) is 4.82. The van der Waals surface area contributed by atoms with Gasteiger partial charge in [-0.3, -0.25) is 18.9 Å². The van der Waals surface area contributed by atoms with Crippen molar-refractivity contribution < 1.29 is 9.53 Å². The Morgan fingerprint density at radius 1 is 1.08 bits per heavy atom. The minimum atomic E-state index is -0.183. The van der Waals surface area contributed by atoms with E-state index in [1.165, 1.54) is 5.56 Å². The molecular formula is C29H31N5O3. The number of imidazole rings is 1. The highest BCUT2D eigenvalue weighted by molar-refractivity contribution is 5.99. The van der Waals surface area contributed by atoms with Gasteiger partial charge in [0.1, 0.15) is 11.3 Å². The smallest absolute Gasteiger partial charge is 0.274 e. The highest BCUT2D eigenvalue weighted by Gasteiger charge is 2.45. The molecule has 8 nitrogen and oxygen atoms in total. The number of ether oxygens (including phenoxy) is 1. The lowest BCUT2D eigenvalue weighted by molar-refractivity contribution is 0.0615. The maximum Gasteiger partial charge on any atom is 0.274 e. The number of hydrogen-bond acceptors (Lipinski definition) is 5. The molecule has 2 aromatic carbocycles. The van der Waals surface area contributed by atoms with E-state index < -0.39 is 0 Å². The van der Waals surface area contributed by atoms with Gasteiger partial charge in [-0.05, 0) is 49.4 Å². The molecule has 190 valence electrons. The van der Waals surface area contributed by atoms with Crippen molar-refractivity contribution in [1.82, 2.24) is 24.2 Å². The van der Waals surface area contributed by atoms with Gasteiger partial charge in [0.05, 0.1) is 17.2 Å². The van der Waals surface area contributed by atoms with Crippen LogP contribution in [0, 0.1) is 6.92 Å². The fraction of sp³-hybridized carbons (Fsp3) is 0.414. The van der Waals surface area contributed by atoms with Crippen LogP contribution in [0.15, 0.2) is 53.5 Å². The van der Waals surface area contributed by atoms with Gasteiger partial charge in [-0.15, -0.1) is 0 Å². The molecular weight excluding hydrogens is 466 g/mol. The average molecular weight is 498 g/mol. The van der Waals surface area contributed by atoms with Crippen molar-refractivity contribution in [2.45, 2.75) is 50.7 Å². The minimum Gasteiger partial charge on any atom is -0.381 e. The summed E-state index contributed by atoms with van der Waals surface area (Å²) in [6.07, 6.45) is 4.47. The summed E-state index contributed by atoms with van der Waals surface area (Å²) in [4.78, 5) is 38.9. The molecule has 3 aliphatic heterocycles. The molecule has 37 heavy (non-hydrogen) atoms. The average Bonchev–Trinajstić information content (AvgIpc) is 3.65. The third-order valence-electron chi connectivity index (χ3n) is 8.51. The zero-order valence-electron chi connectivity index (χ0n) is 21.0. The van der Waals surface area contributed by atoms with Crippen LogP contribution in [0.3, 0.4) is 0 Å². The Balaban J connectivity index is 1.19. The van der Waals surface area contributed by atoms with Gasteiger partial charge in [-0.1, -0.05) is 30.3 Å². The van der Waals surface area contributed by atoms with E-state index in [2.05, 4.69) is 39.1 Å². The van der Waals surface area contributed by atoms with Crippen LogP contribution in [0.2, 0.25) is 0 Å². The molecule has 0 aliphatic carbocycles. The zero-order valence-corrected chi connectivity index (χ0v) is 21.0. The van der Waals surface area contributed by atoms with Crippen LogP contribution >= 0.6 is 0 Å². The summed E-state index contributed by atoms with van der Waals surface area (Å²) >= 11 is 0. The van der Waals surface area contributed by atoms with Crippen molar-refractivity contribution >= 4 is 22.5 Å². The second kappa shape index (κ2) is 8.82. The van der Waals surface area contributed by atoms with Crippen LogP contribution < -0.4 is 5.56 Å². The highest BCUT2D eigenvalue weighted by atomic mass is 16.5. The first kappa shape index (κ1) is 22.7. The number of rotatable bonds is 4. The lowest BCUT2D eigenvalue weighted by Crippen LogP contribution is -2.48. The van der Waals surface area contributed by atoms with Crippen LogP contribution in [0.1, 0.15) is 52.5 Å². The number of nitrogens with zero attached hydrogens (tertiary/aromatic N) is 4. The number of piperazine rings is 1. The zero-order chi connectivity index (χ0) is 25.1. The number of aromatic nitrogens is 3. The van der Waals surface area contributed by atoms with Gasteiger partial charge in [-0.25, -0.2) is 4.98 Å². The topological polar surface area (TPSA) is 82.9 Å². The molecule has 0 spiro atoms. The minimum absolute atomic E-state index is 0.0579. The largest absolute Gasteiger partial charge is 0.381 e. The molecule has 2 bridgehead atoms. The number of fused-ring (bicyclic) bond motifs is 5. The Bertz CT molecular complexity index is 1550. The van der Waals surface area contributed by atoms with Gasteiger partial charge in [0.15, 0.2) is 0 Å². The SMILES string of the molecule is Cc1cc2c(cc1C(=O)N1C[C@@H]3C[C@H]1CN3Cc1ccccc1)[nH]c(=O)c1cnc(C3CCOCC3)n12. The van der Waals surface area contributed by atoms with Gasteiger partial charge < -0.3 is 14.6 Å². The van der Waals surface area contributed by atoms with Crippen molar-refractivity contribution in [3.05, 3.63) is 81.5 Å². The Morgan fingerprint density at radius 2 is 1.89 bits per heavy atom. The normalized spacial score (nSPS) is 22.5. The third-order valence-corrected chi connectivity index (χ3v) is 8.51. The van der Waals surface area contributed by atoms with E-state index >= 15 is 0 Å². The highest BCUT2D eigenvalue weighted by Crippen LogP contribution is 2.34. The van der Waals surface area contributed by atoms with Crippen LogP contribution in [0.5, 0.6) is 0 Å². The number of benzene rings is 2. The molecule has 3 aliphatic rings. The summed E-state index contributed by atoms with van der Waals surface area (Å²) in [5.74, 6) is 1.22. The molecule has 0 radical (unpaired) electrons. The summed E-state index contributed by atoms with van der Waals surface area (Å²) in [6, 6.07) is 15.1. The number of likely N-dealkylation sites (tertiary alicyclic amines) is 2. The van der Waals surface area contributed by atoms with Gasteiger partial charge in [0.2, 0.25) is 0 Å². The number of carbonyl (C=O) groups excluding carboxylic acids is 1. The molecule has 0 saturated carbocycles. The van der Waals surface area contributed by atoms with E-state index in [1.54, 1.807) is 6.20 Å². The standard InChI is InChI=1S/C29H31N5O3/c1-18-11-25-24(31-28(35)26-14-30-27(34(25)26)20-7-9-37-10-8-20)13-23(18)29(36)33-17-21-12-22(33)16-32(21)15-19-5-3-2-4-6-19/h2-6,11,13-14,20-22H,7-10,12,15-17H2,1H3,(H,31,35)/t21-,22-/m0/s1. The third kappa shape index (κ3) is 3.78. The summed E-state index contributed by atoms with van der Waals surface area (Å²) in [7, 11) is 0. The Morgan fingerprint density at radius 3 is 2.65 bits per heavy atom. The van der Waals surface area contributed by atoms with E-state index in [9.17, 15) is 9.59 Å². The fourth-order valence-electron chi connectivity index (χ4n) is 6.58. The second-order valence-corrected chi connectivity index (χ2v) is 10.8. The lowest BCUT2D eigenvalue weighted by atomic mass is 9.99. The van der Waals surface area contributed by atoms with Gasteiger partial charge >= 0.3 is 0 Å². The van der Waals surface area contributed by atoms with Crippen molar-refractivity contribution in [3.8, 4) is 0 Å².